The summed E-state index contributed by atoms with van der Waals surface area (Å²) in [6.07, 6.45) is -5.55. The predicted octanol–water partition coefficient (Wildman–Crippen LogP) is 2.27. The molecular weight excluding hydrogens is 401 g/mol. The van der Waals surface area contributed by atoms with Crippen LogP contribution in [0.4, 0.5) is 22.0 Å². The molecule has 6 nitrogen and oxygen atoms in total. The van der Waals surface area contributed by atoms with Crippen LogP contribution in [-0.4, -0.2) is 27.2 Å². The Morgan fingerprint density at radius 2 is 1.79 bits per heavy atom. The summed E-state index contributed by atoms with van der Waals surface area (Å²) < 4.78 is 66.8. The SMILES string of the molecule is O=C(NCc1nc2ccccc2c(=O)[nH]1)[C@@](O)(c1ccc(F)c(F)c1)C(F)(F)F. The Morgan fingerprint density at radius 3 is 2.45 bits per heavy atom. The van der Waals surface area contributed by atoms with E-state index in [0.717, 1.165) is 0 Å². The average Bonchev–Trinajstić information content (AvgIpc) is 2.66. The molecule has 29 heavy (non-hydrogen) atoms. The third kappa shape index (κ3) is 3.68. The van der Waals surface area contributed by atoms with Crippen LogP contribution in [0.25, 0.3) is 10.9 Å². The number of aromatic nitrogens is 2. The van der Waals surface area contributed by atoms with Crippen molar-refractivity contribution >= 4 is 16.8 Å². The van der Waals surface area contributed by atoms with Gasteiger partial charge in [0.05, 0.1) is 17.4 Å². The highest BCUT2D eigenvalue weighted by Crippen LogP contribution is 2.39. The topological polar surface area (TPSA) is 95.1 Å². The van der Waals surface area contributed by atoms with E-state index in [4.69, 9.17) is 0 Å². The number of alkyl halides is 3. The Morgan fingerprint density at radius 1 is 1.10 bits per heavy atom. The van der Waals surface area contributed by atoms with Crippen LogP contribution in [-0.2, 0) is 16.9 Å². The molecule has 3 rings (SSSR count). The number of amides is 1. The molecule has 0 radical (unpaired) electrons. The highest BCUT2D eigenvalue weighted by atomic mass is 19.4. The molecule has 0 unspecified atom stereocenters. The lowest BCUT2D eigenvalue weighted by molar-refractivity contribution is -0.257. The first kappa shape index (κ1) is 20.4. The summed E-state index contributed by atoms with van der Waals surface area (Å²) in [6, 6.07) is 7.03. The van der Waals surface area contributed by atoms with Crippen molar-refractivity contribution in [2.45, 2.75) is 18.3 Å². The molecule has 0 fully saturated rings. The molecule has 3 N–H and O–H groups in total. The molecular formula is C18H12F5N3O3. The van der Waals surface area contributed by atoms with Crippen LogP contribution in [0.2, 0.25) is 0 Å². The van der Waals surface area contributed by atoms with Gasteiger partial charge in [0.25, 0.3) is 17.1 Å². The maximum absolute atomic E-state index is 13.5. The number of carbonyl (C=O) groups is 1. The molecule has 3 aromatic rings. The maximum Gasteiger partial charge on any atom is 0.430 e. The van der Waals surface area contributed by atoms with E-state index in [1.165, 1.54) is 12.1 Å². The van der Waals surface area contributed by atoms with E-state index in [2.05, 4.69) is 9.97 Å². The average molecular weight is 413 g/mol. The molecule has 1 heterocycles. The molecule has 0 saturated carbocycles. The van der Waals surface area contributed by atoms with E-state index in [0.29, 0.717) is 12.1 Å². The van der Waals surface area contributed by atoms with Gasteiger partial charge < -0.3 is 15.4 Å². The quantitative estimate of drug-likeness (QED) is 0.572. The van der Waals surface area contributed by atoms with E-state index in [9.17, 15) is 36.6 Å². The monoisotopic (exact) mass is 413 g/mol. The van der Waals surface area contributed by atoms with Gasteiger partial charge in [0.1, 0.15) is 5.82 Å². The van der Waals surface area contributed by atoms with Crippen molar-refractivity contribution in [1.82, 2.24) is 15.3 Å². The molecule has 152 valence electrons. The molecule has 0 aliphatic carbocycles. The minimum absolute atomic E-state index is 0.0819. The number of benzene rings is 2. The van der Waals surface area contributed by atoms with E-state index in [1.807, 2.05) is 5.32 Å². The molecule has 0 bridgehead atoms. The summed E-state index contributed by atoms with van der Waals surface area (Å²) in [7, 11) is 0. The number of nitrogens with zero attached hydrogens (tertiary/aromatic N) is 1. The van der Waals surface area contributed by atoms with Crippen molar-refractivity contribution < 1.29 is 31.9 Å². The number of aliphatic hydroxyl groups is 1. The molecule has 1 amide bonds. The summed E-state index contributed by atoms with van der Waals surface area (Å²) >= 11 is 0. The predicted molar refractivity (Wildman–Crippen MR) is 90.5 cm³/mol. The Hall–Kier alpha value is -3.34. The zero-order valence-electron chi connectivity index (χ0n) is 14.3. The van der Waals surface area contributed by atoms with Crippen molar-refractivity contribution in [3.63, 3.8) is 0 Å². The fourth-order valence-corrected chi connectivity index (χ4v) is 2.66. The smallest absolute Gasteiger partial charge is 0.369 e. The number of para-hydroxylation sites is 1. The van der Waals surface area contributed by atoms with Crippen molar-refractivity contribution in [3.8, 4) is 0 Å². The number of H-pyrrole nitrogens is 1. The number of nitrogens with one attached hydrogen (secondary N) is 2. The highest BCUT2D eigenvalue weighted by Gasteiger charge is 2.61. The third-order valence-corrected chi connectivity index (χ3v) is 4.15. The van der Waals surface area contributed by atoms with E-state index >= 15 is 0 Å². The largest absolute Gasteiger partial charge is 0.430 e. The molecule has 0 spiro atoms. The lowest BCUT2D eigenvalue weighted by Crippen LogP contribution is -2.54. The zero-order valence-corrected chi connectivity index (χ0v) is 14.3. The Kier molecular flexibility index (Phi) is 5.09. The van der Waals surface area contributed by atoms with Crippen molar-refractivity contribution in [2.24, 2.45) is 0 Å². The van der Waals surface area contributed by atoms with Crippen molar-refractivity contribution in [3.05, 3.63) is 75.8 Å². The van der Waals surface area contributed by atoms with Crippen LogP contribution in [0.3, 0.4) is 0 Å². The number of rotatable bonds is 4. The lowest BCUT2D eigenvalue weighted by Gasteiger charge is -2.29. The van der Waals surface area contributed by atoms with Gasteiger partial charge in [0.15, 0.2) is 11.6 Å². The molecule has 2 aromatic carbocycles. The number of fused-ring (bicyclic) bond motifs is 1. The first-order valence-electron chi connectivity index (χ1n) is 8.05. The normalized spacial score (nSPS) is 13.9. The van der Waals surface area contributed by atoms with E-state index in [-0.39, 0.29) is 22.8 Å². The van der Waals surface area contributed by atoms with Gasteiger partial charge in [-0.15, -0.1) is 0 Å². The van der Waals surface area contributed by atoms with Crippen LogP contribution >= 0.6 is 0 Å². The minimum Gasteiger partial charge on any atom is -0.369 e. The number of hydrogen-bond donors (Lipinski definition) is 3. The summed E-state index contributed by atoms with van der Waals surface area (Å²) in [5, 5.41) is 12.1. The number of halogens is 5. The van der Waals surface area contributed by atoms with Crippen LogP contribution in [0.15, 0.2) is 47.3 Å². The molecule has 1 aromatic heterocycles. The van der Waals surface area contributed by atoms with Gasteiger partial charge in [-0.3, -0.25) is 9.59 Å². The lowest BCUT2D eigenvalue weighted by atomic mass is 9.91. The molecule has 0 saturated heterocycles. The fourth-order valence-electron chi connectivity index (χ4n) is 2.66. The number of carbonyl (C=O) groups excluding carboxylic acids is 1. The van der Waals surface area contributed by atoms with Crippen LogP contribution in [0, 0.1) is 11.6 Å². The van der Waals surface area contributed by atoms with Gasteiger partial charge in [0.2, 0.25) is 0 Å². The second-order valence-electron chi connectivity index (χ2n) is 6.05. The fraction of sp³-hybridized carbons (Fsp3) is 0.167. The number of hydrogen-bond acceptors (Lipinski definition) is 4. The summed E-state index contributed by atoms with van der Waals surface area (Å²) in [5.41, 5.74) is -5.70. The highest BCUT2D eigenvalue weighted by molar-refractivity contribution is 5.87. The summed E-state index contributed by atoms with van der Waals surface area (Å²) in [4.78, 5) is 30.5. The summed E-state index contributed by atoms with van der Waals surface area (Å²) in [6.45, 7) is -0.666. The van der Waals surface area contributed by atoms with E-state index < -0.39 is 47.0 Å². The van der Waals surface area contributed by atoms with Gasteiger partial charge in [-0.2, -0.15) is 13.2 Å². The van der Waals surface area contributed by atoms with Gasteiger partial charge in [-0.1, -0.05) is 18.2 Å². The van der Waals surface area contributed by atoms with Gasteiger partial charge in [-0.05, 0) is 24.3 Å². The maximum atomic E-state index is 13.5. The molecule has 0 aliphatic heterocycles. The Bertz CT molecular complexity index is 1150. The molecule has 0 aliphatic rings. The third-order valence-electron chi connectivity index (χ3n) is 4.15. The first-order valence-corrected chi connectivity index (χ1v) is 8.05. The second kappa shape index (κ2) is 7.24. The summed E-state index contributed by atoms with van der Waals surface area (Å²) in [5.74, 6) is -5.24. The van der Waals surface area contributed by atoms with Crippen molar-refractivity contribution in [2.75, 3.05) is 0 Å². The van der Waals surface area contributed by atoms with Crippen LogP contribution in [0.1, 0.15) is 11.4 Å². The zero-order chi connectivity index (χ0) is 21.4. The van der Waals surface area contributed by atoms with Crippen molar-refractivity contribution in [1.29, 1.82) is 0 Å². The first-order chi connectivity index (χ1) is 13.5. The van der Waals surface area contributed by atoms with Crippen LogP contribution < -0.4 is 10.9 Å². The van der Waals surface area contributed by atoms with Crippen LogP contribution in [0.5, 0.6) is 0 Å². The number of aromatic amines is 1. The second-order valence-corrected chi connectivity index (χ2v) is 6.05. The van der Waals surface area contributed by atoms with Gasteiger partial charge in [-0.25, -0.2) is 13.8 Å². The molecule has 1 atom stereocenters. The van der Waals surface area contributed by atoms with E-state index in [1.54, 1.807) is 12.1 Å². The Labute approximate surface area is 159 Å². The van der Waals surface area contributed by atoms with Gasteiger partial charge in [0, 0.05) is 5.56 Å². The Balaban J connectivity index is 1.92. The standard InChI is InChI=1S/C18H12F5N3O3/c19-11-6-5-9(7-12(11)20)17(29,18(21,22)23)16(28)24-8-14-25-13-4-2-1-3-10(13)15(27)26-14/h1-7,29H,8H2,(H,24,28)(H,25,26,27)/t17-/m0/s1. The minimum atomic E-state index is -5.55. The van der Waals surface area contributed by atoms with Gasteiger partial charge >= 0.3 is 6.18 Å². The molecule has 11 heteroatoms.